The van der Waals surface area contributed by atoms with Crippen LogP contribution in [0.15, 0.2) is 47.1 Å². The van der Waals surface area contributed by atoms with E-state index >= 15 is 0 Å². The van der Waals surface area contributed by atoms with Crippen LogP contribution in [0.4, 0.5) is 0 Å². The minimum atomic E-state index is -0.819. The van der Waals surface area contributed by atoms with Crippen molar-refractivity contribution in [2.24, 2.45) is 0 Å². The molecule has 1 heterocycles. The van der Waals surface area contributed by atoms with Gasteiger partial charge in [0.2, 0.25) is 11.8 Å². The van der Waals surface area contributed by atoms with Crippen molar-refractivity contribution in [1.29, 1.82) is 0 Å². The first-order chi connectivity index (χ1) is 17.0. The highest BCUT2D eigenvalue weighted by atomic mass is 16.5. The molecule has 1 aromatic heterocycles. The number of nitrogens with one attached hydrogen (secondary N) is 2. The summed E-state index contributed by atoms with van der Waals surface area (Å²) in [5, 5.41) is 17.0. The number of benzene rings is 1. The van der Waals surface area contributed by atoms with Crippen LogP contribution in [0, 0.1) is 0 Å². The Kier molecular flexibility index (Phi) is 12.9. The van der Waals surface area contributed by atoms with Crippen LogP contribution in [0.2, 0.25) is 0 Å². The molecule has 0 saturated heterocycles. The van der Waals surface area contributed by atoms with Gasteiger partial charge >= 0.3 is 0 Å². The number of aliphatic hydroxyl groups excluding tert-OH is 1. The molecule has 0 aliphatic carbocycles. The fraction of sp³-hybridized carbons (Fsp3) is 0.556. The van der Waals surface area contributed by atoms with Gasteiger partial charge in [-0.2, -0.15) is 0 Å². The van der Waals surface area contributed by atoms with Gasteiger partial charge in [0.25, 0.3) is 0 Å². The van der Waals surface area contributed by atoms with Gasteiger partial charge in [-0.25, -0.2) is 0 Å². The van der Waals surface area contributed by atoms with Gasteiger partial charge < -0.3 is 29.8 Å². The molecule has 0 aliphatic rings. The minimum absolute atomic E-state index is 0.0930. The number of carbonyl (C=O) groups excluding carboxylic acids is 2. The first-order valence-electron chi connectivity index (χ1n) is 12.6. The average Bonchev–Trinajstić information content (AvgIpc) is 3.36. The number of hydrogen-bond acceptors (Lipinski definition) is 6. The van der Waals surface area contributed by atoms with Crippen LogP contribution in [0.5, 0.6) is 5.75 Å². The third-order valence-corrected chi connectivity index (χ3v) is 5.76. The molecule has 8 heteroatoms. The monoisotopic (exact) mass is 487 g/mol. The molecule has 194 valence electrons. The van der Waals surface area contributed by atoms with E-state index in [2.05, 4.69) is 24.5 Å². The van der Waals surface area contributed by atoms with Gasteiger partial charge in [-0.3, -0.25) is 9.59 Å². The lowest BCUT2D eigenvalue weighted by molar-refractivity contribution is -0.131. The van der Waals surface area contributed by atoms with E-state index in [1.807, 2.05) is 35.2 Å². The predicted molar refractivity (Wildman–Crippen MR) is 136 cm³/mol. The Hall–Kier alpha value is -2.84. The molecule has 0 spiro atoms. The molecule has 0 aliphatic heterocycles. The van der Waals surface area contributed by atoms with Crippen molar-refractivity contribution in [2.75, 3.05) is 26.7 Å². The smallest absolute Gasteiger partial charge is 0.222 e. The van der Waals surface area contributed by atoms with Crippen molar-refractivity contribution in [3.63, 3.8) is 0 Å². The number of carbonyl (C=O) groups is 2. The highest BCUT2D eigenvalue weighted by Gasteiger charge is 2.23. The number of nitrogens with zero attached hydrogens (tertiary/aromatic N) is 1. The summed E-state index contributed by atoms with van der Waals surface area (Å²) in [4.78, 5) is 27.0. The lowest BCUT2D eigenvalue weighted by atomic mass is 10.0. The summed E-state index contributed by atoms with van der Waals surface area (Å²) in [6.07, 6.45) is 4.03. The second-order valence-electron chi connectivity index (χ2n) is 8.74. The van der Waals surface area contributed by atoms with E-state index in [0.29, 0.717) is 38.1 Å². The number of furan rings is 1. The summed E-state index contributed by atoms with van der Waals surface area (Å²) < 4.78 is 10.7. The van der Waals surface area contributed by atoms with Crippen LogP contribution < -0.4 is 15.4 Å². The molecule has 8 nitrogen and oxygen atoms in total. The van der Waals surface area contributed by atoms with E-state index in [1.54, 1.807) is 19.4 Å². The summed E-state index contributed by atoms with van der Waals surface area (Å²) in [5.41, 5.74) is 1.04. The molecule has 2 aromatic rings. The molecule has 3 N–H and O–H groups in total. The number of hydrogen-bond donors (Lipinski definition) is 3. The molecule has 0 radical (unpaired) electrons. The molecular weight excluding hydrogens is 446 g/mol. The molecule has 35 heavy (non-hydrogen) atoms. The van der Waals surface area contributed by atoms with Gasteiger partial charge in [0.15, 0.2) is 0 Å². The van der Waals surface area contributed by atoms with E-state index < -0.39 is 12.1 Å². The maximum absolute atomic E-state index is 12.6. The topological polar surface area (TPSA) is 104 Å². The zero-order valence-electron chi connectivity index (χ0n) is 21.3. The zero-order valence-corrected chi connectivity index (χ0v) is 21.3. The fourth-order valence-electron chi connectivity index (χ4n) is 3.96. The van der Waals surface area contributed by atoms with E-state index in [4.69, 9.17) is 9.15 Å². The van der Waals surface area contributed by atoms with E-state index in [-0.39, 0.29) is 18.2 Å². The third kappa shape index (κ3) is 10.5. The number of rotatable bonds is 17. The Morgan fingerprint density at radius 2 is 1.89 bits per heavy atom. The second-order valence-corrected chi connectivity index (χ2v) is 8.74. The molecule has 0 unspecified atom stereocenters. The van der Waals surface area contributed by atoms with Gasteiger partial charge in [0.05, 0.1) is 25.5 Å². The van der Waals surface area contributed by atoms with E-state index in [9.17, 15) is 14.7 Å². The largest absolute Gasteiger partial charge is 0.497 e. The number of methoxy groups -OCH3 is 1. The van der Waals surface area contributed by atoms with Crippen molar-refractivity contribution in [2.45, 2.75) is 71.1 Å². The van der Waals surface area contributed by atoms with Crippen molar-refractivity contribution in [3.05, 3.63) is 54.0 Å². The van der Waals surface area contributed by atoms with Crippen LogP contribution in [-0.2, 0) is 22.6 Å². The first kappa shape index (κ1) is 28.4. The summed E-state index contributed by atoms with van der Waals surface area (Å²) >= 11 is 0. The lowest BCUT2D eigenvalue weighted by Gasteiger charge is -2.24. The third-order valence-electron chi connectivity index (χ3n) is 5.76. The summed E-state index contributed by atoms with van der Waals surface area (Å²) in [6.45, 7) is 6.46. The van der Waals surface area contributed by atoms with Crippen molar-refractivity contribution in [3.8, 4) is 5.75 Å². The van der Waals surface area contributed by atoms with Gasteiger partial charge in [-0.15, -0.1) is 0 Å². The molecule has 0 saturated carbocycles. The molecule has 2 atom stereocenters. The Bertz CT molecular complexity index is 865. The van der Waals surface area contributed by atoms with Crippen LogP contribution in [0.1, 0.15) is 57.3 Å². The molecule has 2 amide bonds. The normalized spacial score (nSPS) is 12.7. The average molecular weight is 488 g/mol. The molecule has 2 rings (SSSR count). The van der Waals surface area contributed by atoms with E-state index in [0.717, 1.165) is 37.2 Å². The number of amides is 2. The van der Waals surface area contributed by atoms with Crippen LogP contribution in [0.25, 0.3) is 0 Å². The SMILES string of the molecule is CCCN(CCC)C(=O)CCCC(=O)N[C@@H](Cc1ccco1)[C@H](O)CNCc1cccc(OC)c1. The standard InChI is InChI=1S/C27H41N3O5/c1-4-14-30(15-5-2)27(33)13-7-12-26(32)29-24(18-23-11-8-16-35-23)25(31)20-28-19-21-9-6-10-22(17-21)34-3/h6,8-11,16-17,24-25,28,31H,4-5,7,12-15,18-20H2,1-3H3,(H,29,32)/t24-,25+/m0/s1. The van der Waals surface area contributed by atoms with Crippen LogP contribution >= 0.6 is 0 Å². The second kappa shape index (κ2) is 15.9. The molecular formula is C27H41N3O5. The maximum Gasteiger partial charge on any atom is 0.222 e. The fourth-order valence-corrected chi connectivity index (χ4v) is 3.96. The summed E-state index contributed by atoms with van der Waals surface area (Å²) in [6, 6.07) is 10.8. The maximum atomic E-state index is 12.6. The van der Waals surface area contributed by atoms with Crippen LogP contribution in [-0.4, -0.2) is 60.7 Å². The molecule has 0 bridgehead atoms. The van der Waals surface area contributed by atoms with Gasteiger partial charge in [-0.05, 0) is 49.1 Å². The van der Waals surface area contributed by atoms with Gasteiger partial charge in [0, 0.05) is 45.4 Å². The quantitative estimate of drug-likeness (QED) is 0.316. The lowest BCUT2D eigenvalue weighted by Crippen LogP contribution is -2.48. The van der Waals surface area contributed by atoms with Crippen LogP contribution in [0.3, 0.4) is 0 Å². The highest BCUT2D eigenvalue weighted by molar-refractivity contribution is 5.79. The first-order valence-corrected chi connectivity index (χ1v) is 12.6. The predicted octanol–water partition coefficient (Wildman–Crippen LogP) is 3.29. The van der Waals surface area contributed by atoms with Crippen molar-refractivity contribution >= 4 is 11.8 Å². The molecule has 1 aromatic carbocycles. The Morgan fingerprint density at radius 3 is 2.54 bits per heavy atom. The minimum Gasteiger partial charge on any atom is -0.497 e. The summed E-state index contributed by atoms with van der Waals surface area (Å²) in [7, 11) is 1.63. The van der Waals surface area contributed by atoms with E-state index in [1.165, 1.54) is 0 Å². The Balaban J connectivity index is 1.85. The highest BCUT2D eigenvalue weighted by Crippen LogP contribution is 2.13. The molecule has 0 fully saturated rings. The Morgan fingerprint density at radius 1 is 1.11 bits per heavy atom. The summed E-state index contributed by atoms with van der Waals surface area (Å²) in [5.74, 6) is 1.38. The van der Waals surface area contributed by atoms with Gasteiger partial charge in [0.1, 0.15) is 11.5 Å². The number of ether oxygens (including phenoxy) is 1. The zero-order chi connectivity index (χ0) is 25.5. The number of aliphatic hydroxyl groups is 1. The van der Waals surface area contributed by atoms with Crippen molar-refractivity contribution < 1.29 is 23.8 Å². The van der Waals surface area contributed by atoms with Crippen molar-refractivity contribution in [1.82, 2.24) is 15.5 Å². The van der Waals surface area contributed by atoms with Gasteiger partial charge in [-0.1, -0.05) is 26.0 Å². The Labute approximate surface area is 209 Å².